The molecular formula is C24H27N3O3S2. The number of ether oxygens (including phenoxy) is 2. The number of carbonyl (C=O) groups is 1. The van der Waals surface area contributed by atoms with E-state index >= 15 is 0 Å². The SMILES string of the molecule is CCCCCc1ccc(NC(=S)NC(=O)C2CSC(C3COc4ccccc4O3)=N2)cc1. The minimum Gasteiger partial charge on any atom is -0.485 e. The Labute approximate surface area is 198 Å². The Hall–Kier alpha value is -2.58. The molecule has 2 unspecified atom stereocenters. The molecule has 2 heterocycles. The number of nitrogens with one attached hydrogen (secondary N) is 2. The number of thioether (sulfide) groups is 1. The van der Waals surface area contributed by atoms with Crippen molar-refractivity contribution in [2.24, 2.45) is 4.99 Å². The number of aliphatic imine (C=N–C) groups is 1. The van der Waals surface area contributed by atoms with E-state index in [1.807, 2.05) is 36.4 Å². The largest absolute Gasteiger partial charge is 0.485 e. The number of thiocarbonyl (C=S) groups is 1. The number of unbranched alkanes of at least 4 members (excludes halogenated alkanes) is 2. The van der Waals surface area contributed by atoms with Gasteiger partial charge in [0.25, 0.3) is 5.91 Å². The van der Waals surface area contributed by atoms with E-state index in [0.29, 0.717) is 18.1 Å². The summed E-state index contributed by atoms with van der Waals surface area (Å²) in [6, 6.07) is 15.2. The second-order valence-electron chi connectivity index (χ2n) is 7.76. The fraction of sp³-hybridized carbons (Fsp3) is 0.375. The minimum absolute atomic E-state index is 0.224. The molecule has 2 N–H and O–H groups in total. The van der Waals surface area contributed by atoms with Gasteiger partial charge in [0.05, 0.1) is 0 Å². The Bertz CT molecular complexity index is 994. The molecule has 0 radical (unpaired) electrons. The first kappa shape index (κ1) is 22.6. The molecule has 0 aliphatic carbocycles. The van der Waals surface area contributed by atoms with Crippen LogP contribution in [0, 0.1) is 0 Å². The number of amides is 1. The van der Waals surface area contributed by atoms with E-state index in [1.165, 1.54) is 36.6 Å². The minimum atomic E-state index is -0.503. The van der Waals surface area contributed by atoms with E-state index in [9.17, 15) is 4.79 Å². The summed E-state index contributed by atoms with van der Waals surface area (Å²) in [5.41, 5.74) is 2.16. The Morgan fingerprint density at radius 1 is 1.16 bits per heavy atom. The lowest BCUT2D eigenvalue weighted by Crippen LogP contribution is -2.40. The lowest BCUT2D eigenvalue weighted by Gasteiger charge is -2.25. The third-order valence-corrected chi connectivity index (χ3v) is 6.63. The number of hydrogen-bond acceptors (Lipinski definition) is 6. The van der Waals surface area contributed by atoms with Gasteiger partial charge in [0, 0.05) is 11.4 Å². The summed E-state index contributed by atoms with van der Waals surface area (Å²) in [6.07, 6.45) is 4.44. The number of carbonyl (C=O) groups excluding carboxylic acids is 1. The molecule has 4 rings (SSSR count). The molecule has 0 saturated heterocycles. The van der Waals surface area contributed by atoms with Crippen LogP contribution in [0.2, 0.25) is 0 Å². The van der Waals surface area contributed by atoms with Crippen LogP contribution in [0.15, 0.2) is 53.5 Å². The maximum Gasteiger partial charge on any atom is 0.251 e. The summed E-state index contributed by atoms with van der Waals surface area (Å²) >= 11 is 6.84. The van der Waals surface area contributed by atoms with Crippen LogP contribution in [0.25, 0.3) is 0 Å². The smallest absolute Gasteiger partial charge is 0.251 e. The average molecular weight is 470 g/mol. The average Bonchev–Trinajstić information content (AvgIpc) is 3.31. The molecule has 0 saturated carbocycles. The summed E-state index contributed by atoms with van der Waals surface area (Å²) in [4.78, 5) is 17.2. The second kappa shape index (κ2) is 10.8. The van der Waals surface area contributed by atoms with E-state index in [1.54, 1.807) is 0 Å². The number of anilines is 1. The Morgan fingerprint density at radius 3 is 2.72 bits per heavy atom. The van der Waals surface area contributed by atoms with Crippen molar-refractivity contribution >= 4 is 45.7 Å². The number of benzene rings is 2. The van der Waals surface area contributed by atoms with Crippen molar-refractivity contribution in [3.8, 4) is 11.5 Å². The van der Waals surface area contributed by atoms with Crippen LogP contribution in [-0.2, 0) is 11.2 Å². The fourth-order valence-electron chi connectivity index (χ4n) is 3.54. The van der Waals surface area contributed by atoms with E-state index in [2.05, 4.69) is 34.7 Å². The van der Waals surface area contributed by atoms with Gasteiger partial charge in [0.15, 0.2) is 22.7 Å². The molecular weight excluding hydrogens is 442 g/mol. The highest BCUT2D eigenvalue weighted by molar-refractivity contribution is 8.14. The molecule has 2 atom stereocenters. The Morgan fingerprint density at radius 2 is 1.94 bits per heavy atom. The highest BCUT2D eigenvalue weighted by Crippen LogP contribution is 2.33. The fourth-order valence-corrected chi connectivity index (χ4v) is 4.81. The quantitative estimate of drug-likeness (QED) is 0.457. The summed E-state index contributed by atoms with van der Waals surface area (Å²) in [5.74, 6) is 1.75. The van der Waals surface area contributed by atoms with Crippen LogP contribution in [0.4, 0.5) is 5.69 Å². The summed E-state index contributed by atoms with van der Waals surface area (Å²) in [7, 11) is 0. The van der Waals surface area contributed by atoms with Gasteiger partial charge < -0.3 is 20.1 Å². The van der Waals surface area contributed by atoms with Gasteiger partial charge in [0.2, 0.25) is 0 Å². The lowest BCUT2D eigenvalue weighted by atomic mass is 10.1. The van der Waals surface area contributed by atoms with Crippen molar-refractivity contribution in [1.29, 1.82) is 0 Å². The van der Waals surface area contributed by atoms with Crippen molar-refractivity contribution in [1.82, 2.24) is 5.32 Å². The molecule has 168 valence electrons. The number of para-hydroxylation sites is 2. The molecule has 1 amide bonds. The molecule has 8 heteroatoms. The number of nitrogens with zero attached hydrogens (tertiary/aromatic N) is 1. The monoisotopic (exact) mass is 469 g/mol. The van der Waals surface area contributed by atoms with E-state index in [4.69, 9.17) is 21.7 Å². The van der Waals surface area contributed by atoms with Gasteiger partial charge in [-0.1, -0.05) is 44.0 Å². The molecule has 0 bridgehead atoms. The number of fused-ring (bicyclic) bond motifs is 1. The standard InChI is InChI=1S/C24H27N3O3S2/c1-2-3-4-7-16-10-12-17(13-11-16)25-24(31)27-22(28)18-15-32-23(26-18)21-14-29-19-8-5-6-9-20(19)30-21/h5-6,8-13,18,21H,2-4,7,14-15H2,1H3,(H2,25,27,28,31). The van der Waals surface area contributed by atoms with Gasteiger partial charge in [-0.3, -0.25) is 9.79 Å². The number of aryl methyl sites for hydroxylation is 1. The highest BCUT2D eigenvalue weighted by Gasteiger charge is 2.33. The first-order valence-corrected chi connectivity index (χ1v) is 12.3. The van der Waals surface area contributed by atoms with Crippen LogP contribution >= 0.6 is 24.0 Å². The molecule has 2 aromatic carbocycles. The zero-order valence-corrected chi connectivity index (χ0v) is 19.6. The van der Waals surface area contributed by atoms with Gasteiger partial charge in [-0.2, -0.15) is 0 Å². The predicted octanol–water partition coefficient (Wildman–Crippen LogP) is 4.59. The van der Waals surface area contributed by atoms with Crippen molar-refractivity contribution in [3.63, 3.8) is 0 Å². The Balaban J connectivity index is 1.27. The van der Waals surface area contributed by atoms with Crippen molar-refractivity contribution < 1.29 is 14.3 Å². The molecule has 2 aliphatic heterocycles. The predicted molar refractivity (Wildman–Crippen MR) is 134 cm³/mol. The van der Waals surface area contributed by atoms with Crippen LogP contribution in [0.1, 0.15) is 31.7 Å². The highest BCUT2D eigenvalue weighted by atomic mass is 32.2. The number of rotatable bonds is 7. The van der Waals surface area contributed by atoms with Crippen LogP contribution < -0.4 is 20.1 Å². The molecule has 2 aliphatic rings. The van der Waals surface area contributed by atoms with Crippen molar-refractivity contribution in [2.75, 3.05) is 17.7 Å². The summed E-state index contributed by atoms with van der Waals surface area (Å²) in [6.45, 7) is 2.58. The Kier molecular flexibility index (Phi) is 7.65. The second-order valence-corrected chi connectivity index (χ2v) is 9.20. The van der Waals surface area contributed by atoms with Crippen molar-refractivity contribution in [3.05, 3.63) is 54.1 Å². The topological polar surface area (TPSA) is 72.0 Å². The molecule has 6 nitrogen and oxygen atoms in total. The maximum absolute atomic E-state index is 12.6. The van der Waals surface area contributed by atoms with Crippen LogP contribution in [0.3, 0.4) is 0 Å². The maximum atomic E-state index is 12.6. The number of hydrogen-bond donors (Lipinski definition) is 2. The van der Waals surface area contributed by atoms with Crippen molar-refractivity contribution in [2.45, 2.75) is 44.8 Å². The third kappa shape index (κ3) is 5.81. The van der Waals surface area contributed by atoms with E-state index in [-0.39, 0.29) is 17.1 Å². The first-order chi connectivity index (χ1) is 15.6. The first-order valence-electron chi connectivity index (χ1n) is 10.9. The van der Waals surface area contributed by atoms with Crippen LogP contribution in [0.5, 0.6) is 11.5 Å². The molecule has 2 aromatic rings. The summed E-state index contributed by atoms with van der Waals surface area (Å²) < 4.78 is 11.8. The van der Waals surface area contributed by atoms with Gasteiger partial charge >= 0.3 is 0 Å². The van der Waals surface area contributed by atoms with E-state index in [0.717, 1.165) is 22.9 Å². The van der Waals surface area contributed by atoms with Crippen LogP contribution in [-0.4, -0.2) is 40.6 Å². The molecule has 0 aromatic heterocycles. The van der Waals surface area contributed by atoms with Gasteiger partial charge in [-0.15, -0.1) is 11.8 Å². The zero-order valence-electron chi connectivity index (χ0n) is 18.0. The molecule has 0 spiro atoms. The van der Waals surface area contributed by atoms with Gasteiger partial charge in [-0.25, -0.2) is 0 Å². The zero-order chi connectivity index (χ0) is 22.3. The van der Waals surface area contributed by atoms with Gasteiger partial charge in [0.1, 0.15) is 17.7 Å². The van der Waals surface area contributed by atoms with Gasteiger partial charge in [-0.05, 0) is 54.9 Å². The lowest BCUT2D eigenvalue weighted by molar-refractivity contribution is -0.120. The third-order valence-electron chi connectivity index (χ3n) is 5.28. The normalized spacial score (nSPS) is 19.2. The summed E-state index contributed by atoms with van der Waals surface area (Å²) in [5, 5.41) is 6.88. The molecule has 32 heavy (non-hydrogen) atoms. The molecule has 0 fully saturated rings. The van der Waals surface area contributed by atoms with E-state index < -0.39 is 6.04 Å².